The molecule has 0 saturated carbocycles. The zero-order valence-electron chi connectivity index (χ0n) is 8.38. The van der Waals surface area contributed by atoms with Crippen molar-refractivity contribution < 1.29 is 0 Å². The Hall–Kier alpha value is -0.760. The third-order valence-corrected chi connectivity index (χ3v) is 1.86. The summed E-state index contributed by atoms with van der Waals surface area (Å²) in [6.45, 7) is 9.04. The minimum absolute atomic E-state index is 0.435. The molecule has 0 amide bonds. The lowest BCUT2D eigenvalue weighted by Gasteiger charge is -2.20. The third-order valence-electron chi connectivity index (χ3n) is 1.86. The Bertz CT molecular complexity index is 161. The van der Waals surface area contributed by atoms with Crippen LogP contribution in [0.4, 0.5) is 0 Å². The Morgan fingerprint density at radius 2 is 2.25 bits per heavy atom. The smallest absolute Gasteiger partial charge is 0.0250 e. The molecule has 1 atom stereocenters. The first-order chi connectivity index (χ1) is 5.57. The molecule has 2 heteroatoms. The molecule has 2 nitrogen and oxygen atoms in total. The Morgan fingerprint density at radius 3 is 2.67 bits per heavy atom. The van der Waals surface area contributed by atoms with Gasteiger partial charge in [-0.25, -0.2) is 0 Å². The monoisotopic (exact) mass is 168 g/mol. The molecule has 0 fully saturated rings. The molecule has 12 heavy (non-hydrogen) atoms. The van der Waals surface area contributed by atoms with Gasteiger partial charge < -0.3 is 10.6 Å². The molecule has 0 saturated heterocycles. The highest BCUT2D eigenvalue weighted by molar-refractivity contribution is 5.11. The molecule has 0 bridgehead atoms. The maximum absolute atomic E-state index is 5.42. The van der Waals surface area contributed by atoms with Crippen LogP contribution < -0.4 is 5.73 Å². The van der Waals surface area contributed by atoms with E-state index in [1.165, 1.54) is 6.42 Å². The number of likely N-dealkylation sites (N-methyl/N-ethyl adjacent to an activating group) is 1. The first kappa shape index (κ1) is 11.2. The minimum Gasteiger partial charge on any atom is -0.399 e. The number of hydrogen-bond acceptors (Lipinski definition) is 2. The van der Waals surface area contributed by atoms with Crippen LogP contribution >= 0.6 is 0 Å². The van der Waals surface area contributed by atoms with E-state index in [9.17, 15) is 0 Å². The van der Waals surface area contributed by atoms with E-state index >= 15 is 0 Å². The van der Waals surface area contributed by atoms with Crippen LogP contribution in [0.3, 0.4) is 0 Å². The van der Waals surface area contributed by atoms with E-state index in [-0.39, 0.29) is 0 Å². The predicted octanol–water partition coefficient (Wildman–Crippen LogP) is 1.75. The average molecular weight is 168 g/mol. The Kier molecular flexibility index (Phi) is 5.47. The molecule has 0 radical (unpaired) electrons. The standard InChI is InChI=1S/C10H20N2/c1-5-8-12(4)10(3)7-6-9(2)11/h6-7,10H,2,5,8,11H2,1,3-4H3/b7-6-. The molecule has 0 heterocycles. The number of nitrogens with two attached hydrogens (primary N) is 1. The van der Waals surface area contributed by atoms with Gasteiger partial charge >= 0.3 is 0 Å². The maximum Gasteiger partial charge on any atom is 0.0250 e. The lowest BCUT2D eigenvalue weighted by molar-refractivity contribution is 0.298. The molecule has 0 aromatic heterocycles. The molecule has 0 aromatic rings. The van der Waals surface area contributed by atoms with Gasteiger partial charge in [0.1, 0.15) is 0 Å². The zero-order chi connectivity index (χ0) is 9.56. The van der Waals surface area contributed by atoms with Gasteiger partial charge in [-0.1, -0.05) is 19.6 Å². The fourth-order valence-electron chi connectivity index (χ4n) is 0.966. The van der Waals surface area contributed by atoms with Crippen molar-refractivity contribution in [1.82, 2.24) is 4.90 Å². The summed E-state index contributed by atoms with van der Waals surface area (Å²) in [4.78, 5) is 2.28. The second-order valence-corrected chi connectivity index (χ2v) is 3.16. The lowest BCUT2D eigenvalue weighted by atomic mass is 10.2. The van der Waals surface area contributed by atoms with Crippen LogP contribution in [-0.4, -0.2) is 24.5 Å². The van der Waals surface area contributed by atoms with Crippen LogP contribution in [0, 0.1) is 0 Å². The van der Waals surface area contributed by atoms with Gasteiger partial charge in [0, 0.05) is 11.7 Å². The summed E-state index contributed by atoms with van der Waals surface area (Å²) in [5.41, 5.74) is 6.03. The van der Waals surface area contributed by atoms with Crippen molar-refractivity contribution in [2.45, 2.75) is 26.3 Å². The van der Waals surface area contributed by atoms with Crippen LogP contribution in [-0.2, 0) is 0 Å². The molecule has 0 aliphatic heterocycles. The van der Waals surface area contributed by atoms with Crippen molar-refractivity contribution in [3.8, 4) is 0 Å². The van der Waals surface area contributed by atoms with Gasteiger partial charge in [-0.15, -0.1) is 0 Å². The summed E-state index contributed by atoms with van der Waals surface area (Å²) >= 11 is 0. The summed E-state index contributed by atoms with van der Waals surface area (Å²) in [5, 5.41) is 0. The SMILES string of the molecule is C=C(N)/C=C\C(C)N(C)CCC. The van der Waals surface area contributed by atoms with E-state index in [4.69, 9.17) is 5.73 Å². The van der Waals surface area contributed by atoms with Crippen LogP contribution in [0.15, 0.2) is 24.4 Å². The number of nitrogens with zero attached hydrogens (tertiary/aromatic N) is 1. The van der Waals surface area contributed by atoms with Crippen molar-refractivity contribution >= 4 is 0 Å². The van der Waals surface area contributed by atoms with Crippen LogP contribution in [0.2, 0.25) is 0 Å². The van der Waals surface area contributed by atoms with Gasteiger partial charge in [0.05, 0.1) is 0 Å². The van der Waals surface area contributed by atoms with E-state index < -0.39 is 0 Å². The second-order valence-electron chi connectivity index (χ2n) is 3.16. The van der Waals surface area contributed by atoms with Crippen molar-refractivity contribution in [2.75, 3.05) is 13.6 Å². The molecule has 0 aliphatic carbocycles. The van der Waals surface area contributed by atoms with E-state index in [0.717, 1.165) is 6.54 Å². The van der Waals surface area contributed by atoms with Crippen molar-refractivity contribution in [3.63, 3.8) is 0 Å². The van der Waals surface area contributed by atoms with E-state index in [1.807, 2.05) is 6.08 Å². The largest absolute Gasteiger partial charge is 0.399 e. The predicted molar refractivity (Wildman–Crippen MR) is 54.9 cm³/mol. The van der Waals surface area contributed by atoms with E-state index in [2.05, 4.69) is 38.5 Å². The summed E-state index contributed by atoms with van der Waals surface area (Å²) < 4.78 is 0. The molecule has 0 aliphatic rings. The van der Waals surface area contributed by atoms with Gasteiger partial charge in [-0.05, 0) is 33.0 Å². The van der Waals surface area contributed by atoms with Gasteiger partial charge in [-0.2, -0.15) is 0 Å². The molecule has 0 spiro atoms. The fraction of sp³-hybridized carbons (Fsp3) is 0.600. The van der Waals surface area contributed by atoms with Crippen molar-refractivity contribution in [2.24, 2.45) is 5.73 Å². The van der Waals surface area contributed by atoms with E-state index in [1.54, 1.807) is 0 Å². The molecule has 0 aromatic carbocycles. The average Bonchev–Trinajstić information content (AvgIpc) is 2.00. The maximum atomic E-state index is 5.42. The Morgan fingerprint density at radius 1 is 1.67 bits per heavy atom. The number of allylic oxidation sites excluding steroid dienone is 1. The van der Waals surface area contributed by atoms with Crippen LogP contribution in [0.5, 0.6) is 0 Å². The van der Waals surface area contributed by atoms with Crippen molar-refractivity contribution in [1.29, 1.82) is 0 Å². The molecule has 1 unspecified atom stereocenters. The van der Waals surface area contributed by atoms with Gasteiger partial charge in [0.25, 0.3) is 0 Å². The second kappa shape index (κ2) is 5.84. The van der Waals surface area contributed by atoms with Crippen molar-refractivity contribution in [3.05, 3.63) is 24.4 Å². The Labute approximate surface area is 75.7 Å². The highest BCUT2D eigenvalue weighted by Gasteiger charge is 2.02. The molecule has 2 N–H and O–H groups in total. The Balaban J connectivity index is 3.85. The summed E-state index contributed by atoms with van der Waals surface area (Å²) in [5.74, 6) is 0. The minimum atomic E-state index is 0.435. The summed E-state index contributed by atoms with van der Waals surface area (Å²) in [6.07, 6.45) is 5.10. The number of rotatable bonds is 5. The van der Waals surface area contributed by atoms with E-state index in [0.29, 0.717) is 11.7 Å². The summed E-state index contributed by atoms with van der Waals surface area (Å²) in [7, 11) is 2.11. The molecule has 0 rings (SSSR count). The first-order valence-electron chi connectivity index (χ1n) is 4.40. The highest BCUT2D eigenvalue weighted by Crippen LogP contribution is 1.99. The van der Waals surface area contributed by atoms with Crippen LogP contribution in [0.1, 0.15) is 20.3 Å². The zero-order valence-corrected chi connectivity index (χ0v) is 8.38. The molecular weight excluding hydrogens is 148 g/mol. The lowest BCUT2D eigenvalue weighted by Crippen LogP contribution is -2.27. The number of hydrogen-bond donors (Lipinski definition) is 1. The fourth-order valence-corrected chi connectivity index (χ4v) is 0.966. The topological polar surface area (TPSA) is 29.3 Å². The van der Waals surface area contributed by atoms with Gasteiger partial charge in [0.2, 0.25) is 0 Å². The molecular formula is C10H20N2. The van der Waals surface area contributed by atoms with Gasteiger partial charge in [0.15, 0.2) is 0 Å². The van der Waals surface area contributed by atoms with Crippen LogP contribution in [0.25, 0.3) is 0 Å². The highest BCUT2D eigenvalue weighted by atomic mass is 15.1. The summed E-state index contributed by atoms with van der Waals surface area (Å²) in [6, 6.07) is 0.435. The normalized spacial score (nSPS) is 14.0. The molecule has 70 valence electrons. The quantitative estimate of drug-likeness (QED) is 0.634. The third kappa shape index (κ3) is 4.97. The first-order valence-corrected chi connectivity index (χ1v) is 4.40. The van der Waals surface area contributed by atoms with Gasteiger partial charge in [-0.3, -0.25) is 0 Å².